The summed E-state index contributed by atoms with van der Waals surface area (Å²) in [6.07, 6.45) is 2.75. The summed E-state index contributed by atoms with van der Waals surface area (Å²) in [7, 11) is 0. The summed E-state index contributed by atoms with van der Waals surface area (Å²) in [5.74, 6) is 2.05. The molecule has 2 aliphatic rings. The average Bonchev–Trinajstić information content (AvgIpc) is 3.39. The summed E-state index contributed by atoms with van der Waals surface area (Å²) in [6, 6.07) is 13.9. The fraction of sp³-hybridized carbons (Fsp3) is 0.391. The first-order valence-electron chi connectivity index (χ1n) is 10.7. The Morgan fingerprint density at radius 2 is 1.94 bits per heavy atom. The quantitative estimate of drug-likeness (QED) is 0.646. The van der Waals surface area contributed by atoms with E-state index in [2.05, 4.69) is 15.4 Å². The normalized spacial score (nSPS) is 18.1. The standard InChI is InChI=1S/C23H25N5O3/c1-16-6-2-3-7-18(16)23-24-26-28(25-23)15-22(29)27-11-4-8-19(27)17-9-10-20-21(14-17)31-13-5-12-30-20/h2-3,6-7,9-10,14,19H,4-5,8,11-13,15H2,1H3/t19-/m0/s1. The molecule has 0 bridgehead atoms. The van der Waals surface area contributed by atoms with E-state index in [9.17, 15) is 4.79 Å². The van der Waals surface area contributed by atoms with E-state index in [1.54, 1.807) is 0 Å². The van der Waals surface area contributed by atoms with Gasteiger partial charge in [-0.2, -0.15) is 4.80 Å². The molecule has 2 aromatic carbocycles. The van der Waals surface area contributed by atoms with Crippen LogP contribution in [0.15, 0.2) is 42.5 Å². The van der Waals surface area contributed by atoms with Gasteiger partial charge in [-0.25, -0.2) is 0 Å². The SMILES string of the molecule is Cc1ccccc1-c1nnn(CC(=O)N2CCC[C@H]2c2ccc3c(c2)OCCCO3)n1. The molecule has 1 fully saturated rings. The van der Waals surface area contributed by atoms with Gasteiger partial charge in [0.25, 0.3) is 0 Å². The lowest BCUT2D eigenvalue weighted by Crippen LogP contribution is -2.34. The third-order valence-electron chi connectivity index (χ3n) is 5.84. The van der Waals surface area contributed by atoms with Crippen molar-refractivity contribution in [2.75, 3.05) is 19.8 Å². The number of likely N-dealkylation sites (tertiary alicyclic amines) is 1. The number of ether oxygens (including phenoxy) is 2. The van der Waals surface area contributed by atoms with E-state index in [-0.39, 0.29) is 18.5 Å². The highest BCUT2D eigenvalue weighted by Gasteiger charge is 2.31. The maximum Gasteiger partial charge on any atom is 0.246 e. The number of aryl methyl sites for hydroxylation is 1. The van der Waals surface area contributed by atoms with Crippen molar-refractivity contribution in [2.24, 2.45) is 0 Å². The smallest absolute Gasteiger partial charge is 0.246 e. The zero-order valence-corrected chi connectivity index (χ0v) is 17.5. The monoisotopic (exact) mass is 419 g/mol. The molecule has 8 heteroatoms. The van der Waals surface area contributed by atoms with Crippen molar-refractivity contribution >= 4 is 5.91 Å². The molecule has 1 saturated heterocycles. The molecule has 3 aromatic rings. The minimum atomic E-state index is -0.0108. The van der Waals surface area contributed by atoms with Crippen molar-refractivity contribution in [3.63, 3.8) is 0 Å². The van der Waals surface area contributed by atoms with Gasteiger partial charge in [0.15, 0.2) is 11.5 Å². The van der Waals surface area contributed by atoms with Crippen LogP contribution in [0.2, 0.25) is 0 Å². The van der Waals surface area contributed by atoms with Crippen LogP contribution in [0, 0.1) is 6.92 Å². The van der Waals surface area contributed by atoms with Crippen LogP contribution in [-0.2, 0) is 11.3 Å². The first-order valence-corrected chi connectivity index (χ1v) is 10.7. The molecule has 160 valence electrons. The summed E-state index contributed by atoms with van der Waals surface area (Å²) < 4.78 is 11.6. The van der Waals surface area contributed by atoms with Crippen molar-refractivity contribution in [2.45, 2.75) is 38.8 Å². The molecule has 0 aliphatic carbocycles. The Morgan fingerprint density at radius 3 is 2.81 bits per heavy atom. The van der Waals surface area contributed by atoms with E-state index in [1.165, 1.54) is 4.80 Å². The minimum absolute atomic E-state index is 0.0108. The van der Waals surface area contributed by atoms with Crippen LogP contribution in [0.1, 0.15) is 36.4 Å². The molecular weight excluding hydrogens is 394 g/mol. The number of carbonyl (C=O) groups is 1. The topological polar surface area (TPSA) is 82.4 Å². The average molecular weight is 419 g/mol. The van der Waals surface area contributed by atoms with E-state index in [0.717, 1.165) is 54.0 Å². The summed E-state index contributed by atoms with van der Waals surface area (Å²) in [5.41, 5.74) is 3.07. The third kappa shape index (κ3) is 3.97. The van der Waals surface area contributed by atoms with Crippen molar-refractivity contribution in [3.05, 3.63) is 53.6 Å². The molecule has 3 heterocycles. The van der Waals surface area contributed by atoms with Gasteiger partial charge in [-0.15, -0.1) is 10.2 Å². The molecule has 5 rings (SSSR count). The molecule has 0 N–H and O–H groups in total. The summed E-state index contributed by atoms with van der Waals surface area (Å²) in [5, 5.41) is 12.7. The van der Waals surface area contributed by atoms with Crippen LogP contribution in [0.25, 0.3) is 11.4 Å². The number of tetrazole rings is 1. The number of nitrogens with zero attached hydrogens (tertiary/aromatic N) is 5. The van der Waals surface area contributed by atoms with E-state index in [1.807, 2.05) is 54.3 Å². The lowest BCUT2D eigenvalue weighted by molar-refractivity contribution is -0.133. The van der Waals surface area contributed by atoms with Gasteiger partial charge in [-0.05, 0) is 48.2 Å². The number of carbonyl (C=O) groups excluding carboxylic acids is 1. The lowest BCUT2D eigenvalue weighted by atomic mass is 10.0. The van der Waals surface area contributed by atoms with Gasteiger partial charge in [-0.3, -0.25) is 4.79 Å². The maximum absolute atomic E-state index is 13.1. The Kier molecular flexibility index (Phi) is 5.28. The molecule has 0 spiro atoms. The first kappa shape index (κ1) is 19.5. The largest absolute Gasteiger partial charge is 0.490 e. The van der Waals surface area contributed by atoms with Gasteiger partial charge in [0.1, 0.15) is 6.54 Å². The van der Waals surface area contributed by atoms with Crippen molar-refractivity contribution < 1.29 is 14.3 Å². The molecule has 0 radical (unpaired) electrons. The number of amides is 1. The van der Waals surface area contributed by atoms with Crippen LogP contribution >= 0.6 is 0 Å². The Labute approximate surface area is 180 Å². The number of rotatable bonds is 4. The number of hydrogen-bond donors (Lipinski definition) is 0. The minimum Gasteiger partial charge on any atom is -0.490 e. The second kappa shape index (κ2) is 8.37. The van der Waals surface area contributed by atoms with E-state index < -0.39 is 0 Å². The van der Waals surface area contributed by atoms with Crippen molar-refractivity contribution in [1.82, 2.24) is 25.1 Å². The predicted octanol–water partition coefficient (Wildman–Crippen LogP) is 3.17. The molecule has 0 saturated carbocycles. The van der Waals surface area contributed by atoms with E-state index in [0.29, 0.717) is 19.0 Å². The molecule has 1 aromatic heterocycles. The predicted molar refractivity (Wildman–Crippen MR) is 114 cm³/mol. The second-order valence-corrected chi connectivity index (χ2v) is 7.96. The Balaban J connectivity index is 1.32. The lowest BCUT2D eigenvalue weighted by Gasteiger charge is -2.25. The van der Waals surface area contributed by atoms with Crippen LogP contribution in [0.5, 0.6) is 11.5 Å². The zero-order valence-electron chi connectivity index (χ0n) is 17.5. The maximum atomic E-state index is 13.1. The van der Waals surface area contributed by atoms with Crippen LogP contribution in [0.4, 0.5) is 0 Å². The van der Waals surface area contributed by atoms with Gasteiger partial charge in [0.2, 0.25) is 11.7 Å². The van der Waals surface area contributed by atoms with Crippen molar-refractivity contribution in [1.29, 1.82) is 0 Å². The van der Waals surface area contributed by atoms with Gasteiger partial charge >= 0.3 is 0 Å². The van der Waals surface area contributed by atoms with Gasteiger partial charge < -0.3 is 14.4 Å². The second-order valence-electron chi connectivity index (χ2n) is 7.96. The number of aromatic nitrogens is 4. The Hall–Kier alpha value is -3.42. The first-order chi connectivity index (χ1) is 15.2. The number of benzene rings is 2. The van der Waals surface area contributed by atoms with Gasteiger partial charge in [0.05, 0.1) is 19.3 Å². The molecular formula is C23H25N5O3. The molecule has 8 nitrogen and oxygen atoms in total. The van der Waals surface area contributed by atoms with Crippen LogP contribution in [0.3, 0.4) is 0 Å². The van der Waals surface area contributed by atoms with Crippen LogP contribution < -0.4 is 9.47 Å². The third-order valence-corrected chi connectivity index (χ3v) is 5.84. The highest BCUT2D eigenvalue weighted by atomic mass is 16.5. The molecule has 1 amide bonds. The van der Waals surface area contributed by atoms with E-state index in [4.69, 9.17) is 9.47 Å². The molecule has 2 aliphatic heterocycles. The summed E-state index contributed by atoms with van der Waals surface area (Å²) >= 11 is 0. The fourth-order valence-corrected chi connectivity index (χ4v) is 4.25. The van der Waals surface area contributed by atoms with Gasteiger partial charge in [0, 0.05) is 18.5 Å². The van der Waals surface area contributed by atoms with Gasteiger partial charge in [-0.1, -0.05) is 30.3 Å². The number of fused-ring (bicyclic) bond motifs is 1. The molecule has 1 atom stereocenters. The zero-order chi connectivity index (χ0) is 21.2. The van der Waals surface area contributed by atoms with Crippen LogP contribution in [-0.4, -0.2) is 50.8 Å². The highest BCUT2D eigenvalue weighted by molar-refractivity contribution is 5.76. The molecule has 0 unspecified atom stereocenters. The molecule has 31 heavy (non-hydrogen) atoms. The summed E-state index contributed by atoms with van der Waals surface area (Å²) in [6.45, 7) is 4.10. The highest BCUT2D eigenvalue weighted by Crippen LogP contribution is 2.38. The Morgan fingerprint density at radius 1 is 1.10 bits per heavy atom. The fourth-order valence-electron chi connectivity index (χ4n) is 4.25. The number of hydrogen-bond acceptors (Lipinski definition) is 6. The Bertz CT molecular complexity index is 1100. The van der Waals surface area contributed by atoms with E-state index >= 15 is 0 Å². The van der Waals surface area contributed by atoms with Crippen molar-refractivity contribution in [3.8, 4) is 22.9 Å². The summed E-state index contributed by atoms with van der Waals surface area (Å²) in [4.78, 5) is 16.4.